The number of hydrogen-bond donors (Lipinski definition) is 2. The minimum Gasteiger partial charge on any atom is -0.504 e. The topological polar surface area (TPSA) is 77.0 Å². The Balaban J connectivity index is 2.48. The number of hydrogen-bond acceptors (Lipinski definition) is 6. The van der Waals surface area contributed by atoms with Gasteiger partial charge in [-0.15, -0.1) is 0 Å². The molecule has 6 heteroatoms. The van der Waals surface area contributed by atoms with Crippen LogP contribution in [0.2, 0.25) is 0 Å². The van der Waals surface area contributed by atoms with Crippen molar-refractivity contribution in [1.29, 1.82) is 0 Å². The molecule has 0 radical (unpaired) electrons. The number of ether oxygens (including phenoxy) is 3. The number of phenolic OH excluding ortho intramolecular Hbond substituents is 1. The summed E-state index contributed by atoms with van der Waals surface area (Å²) in [5, 5.41) is 13.7. The molecule has 0 unspecified atom stereocenters. The third kappa shape index (κ3) is 2.83. The fourth-order valence-corrected chi connectivity index (χ4v) is 2.61. The number of aromatic hydroxyl groups is 1. The van der Waals surface area contributed by atoms with Crippen molar-refractivity contribution in [3.8, 4) is 17.2 Å². The second-order valence-corrected chi connectivity index (χ2v) is 5.76. The normalized spacial score (nSPS) is 21.6. The number of morpholine rings is 1. The van der Waals surface area contributed by atoms with Crippen molar-refractivity contribution >= 4 is 5.97 Å². The predicted octanol–water partition coefficient (Wildman–Crippen LogP) is 1.93. The van der Waals surface area contributed by atoms with Gasteiger partial charge in [-0.25, -0.2) is 4.79 Å². The average Bonchev–Trinajstić information content (AvgIpc) is 2.49. The van der Waals surface area contributed by atoms with Gasteiger partial charge in [-0.1, -0.05) is 13.8 Å². The molecule has 0 bridgehead atoms. The van der Waals surface area contributed by atoms with Crippen LogP contribution in [0.25, 0.3) is 0 Å². The van der Waals surface area contributed by atoms with Gasteiger partial charge in [0.15, 0.2) is 11.5 Å². The molecular formula is C16H23NO5. The first kappa shape index (κ1) is 16.4. The van der Waals surface area contributed by atoms with Crippen molar-refractivity contribution in [2.24, 2.45) is 5.92 Å². The molecule has 1 aliphatic heterocycles. The molecule has 0 spiro atoms. The van der Waals surface area contributed by atoms with Crippen LogP contribution >= 0.6 is 0 Å². The zero-order chi connectivity index (χ0) is 16.4. The van der Waals surface area contributed by atoms with Crippen LogP contribution in [0, 0.1) is 12.8 Å². The van der Waals surface area contributed by atoms with E-state index in [9.17, 15) is 9.90 Å². The van der Waals surface area contributed by atoms with Crippen LogP contribution in [0.1, 0.15) is 31.0 Å². The Bertz CT molecular complexity index is 570. The molecule has 1 aliphatic rings. The summed E-state index contributed by atoms with van der Waals surface area (Å²) < 4.78 is 15.8. The lowest BCUT2D eigenvalue weighted by Gasteiger charge is -2.33. The van der Waals surface area contributed by atoms with Gasteiger partial charge in [0, 0.05) is 17.2 Å². The van der Waals surface area contributed by atoms with Gasteiger partial charge in [0.05, 0.1) is 14.2 Å². The van der Waals surface area contributed by atoms with Crippen LogP contribution in [0.5, 0.6) is 17.2 Å². The van der Waals surface area contributed by atoms with Gasteiger partial charge in [0.2, 0.25) is 0 Å². The molecule has 2 N–H and O–H groups in total. The highest BCUT2D eigenvalue weighted by Gasteiger charge is 2.35. The highest BCUT2D eigenvalue weighted by Crippen LogP contribution is 2.42. The fraction of sp³-hybridized carbons (Fsp3) is 0.562. The maximum absolute atomic E-state index is 12.1. The first-order valence-corrected chi connectivity index (χ1v) is 7.27. The maximum Gasteiger partial charge on any atom is 0.328 e. The number of cyclic esters (lactones) is 1. The Labute approximate surface area is 130 Å². The van der Waals surface area contributed by atoms with E-state index in [1.807, 2.05) is 13.8 Å². The molecule has 22 heavy (non-hydrogen) atoms. The van der Waals surface area contributed by atoms with Gasteiger partial charge in [0.25, 0.3) is 0 Å². The molecule has 0 aliphatic carbocycles. The summed E-state index contributed by atoms with van der Waals surface area (Å²) in [7, 11) is 3.00. The zero-order valence-corrected chi connectivity index (χ0v) is 13.6. The maximum atomic E-state index is 12.1. The van der Waals surface area contributed by atoms with Crippen molar-refractivity contribution in [3.05, 3.63) is 17.2 Å². The van der Waals surface area contributed by atoms with Gasteiger partial charge < -0.3 is 19.3 Å². The molecule has 1 aromatic carbocycles. The summed E-state index contributed by atoms with van der Waals surface area (Å²) >= 11 is 0. The molecule has 0 aromatic heterocycles. The summed E-state index contributed by atoms with van der Waals surface area (Å²) in [5.41, 5.74) is 1.07. The van der Waals surface area contributed by atoms with Crippen molar-refractivity contribution in [2.45, 2.75) is 32.9 Å². The number of nitrogens with one attached hydrogen (secondary N) is 1. The lowest BCUT2D eigenvalue weighted by atomic mass is 9.96. The van der Waals surface area contributed by atoms with Crippen molar-refractivity contribution in [2.75, 3.05) is 20.8 Å². The van der Waals surface area contributed by atoms with E-state index in [-0.39, 0.29) is 11.8 Å². The first-order valence-electron chi connectivity index (χ1n) is 7.27. The van der Waals surface area contributed by atoms with E-state index < -0.39 is 12.0 Å². The Morgan fingerprint density at radius 3 is 2.59 bits per heavy atom. The lowest BCUT2D eigenvalue weighted by molar-refractivity contribution is -0.152. The van der Waals surface area contributed by atoms with Crippen LogP contribution in [0.3, 0.4) is 0 Å². The quantitative estimate of drug-likeness (QED) is 0.828. The van der Waals surface area contributed by atoms with Crippen LogP contribution in [0.15, 0.2) is 6.07 Å². The van der Waals surface area contributed by atoms with E-state index in [0.29, 0.717) is 35.2 Å². The average molecular weight is 309 g/mol. The lowest BCUT2D eigenvalue weighted by Crippen LogP contribution is -2.49. The number of rotatable bonds is 4. The summed E-state index contributed by atoms with van der Waals surface area (Å²) in [5.74, 6) is 0.660. The number of esters is 1. The smallest absolute Gasteiger partial charge is 0.328 e. The third-order valence-corrected chi connectivity index (χ3v) is 4.05. The molecule has 0 saturated carbocycles. The molecule has 122 valence electrons. The Morgan fingerprint density at radius 1 is 1.36 bits per heavy atom. The Kier molecular flexibility index (Phi) is 4.81. The predicted molar refractivity (Wildman–Crippen MR) is 81.4 cm³/mol. The number of carbonyl (C=O) groups is 1. The van der Waals surface area contributed by atoms with Crippen LogP contribution in [-0.4, -0.2) is 37.9 Å². The van der Waals surface area contributed by atoms with Crippen LogP contribution in [-0.2, 0) is 9.53 Å². The number of benzene rings is 1. The van der Waals surface area contributed by atoms with Crippen LogP contribution < -0.4 is 14.8 Å². The Morgan fingerprint density at radius 2 is 2.05 bits per heavy atom. The molecule has 6 nitrogen and oxygen atoms in total. The molecular weight excluding hydrogens is 286 g/mol. The highest BCUT2D eigenvalue weighted by atomic mass is 16.5. The number of carbonyl (C=O) groups excluding carboxylic acids is 1. The summed E-state index contributed by atoms with van der Waals surface area (Å²) in [6.07, 6.45) is 0. The van der Waals surface area contributed by atoms with Gasteiger partial charge in [-0.2, -0.15) is 0 Å². The van der Waals surface area contributed by atoms with Gasteiger partial charge >= 0.3 is 5.97 Å². The highest BCUT2D eigenvalue weighted by molar-refractivity contribution is 5.80. The van der Waals surface area contributed by atoms with E-state index in [1.165, 1.54) is 14.2 Å². The molecule has 1 heterocycles. The number of methoxy groups -OCH3 is 2. The molecule has 1 saturated heterocycles. The van der Waals surface area contributed by atoms with E-state index >= 15 is 0 Å². The standard InChI is InChI=1S/C16H23NO5/c1-8(2)11-7-22-16(19)13(17-11)10-6-12(20-4)9(3)15(21-5)14(10)18/h6,8,11,13,17-18H,7H2,1-5H3/t11-,13+/m1/s1. The Hall–Kier alpha value is -1.95. The first-order chi connectivity index (χ1) is 10.4. The second kappa shape index (κ2) is 6.44. The van der Waals surface area contributed by atoms with E-state index in [1.54, 1.807) is 13.0 Å². The van der Waals surface area contributed by atoms with Crippen molar-refractivity contribution < 1.29 is 24.1 Å². The molecule has 0 amide bonds. The van der Waals surface area contributed by atoms with Crippen LogP contribution in [0.4, 0.5) is 0 Å². The fourth-order valence-electron chi connectivity index (χ4n) is 2.61. The number of phenols is 1. The summed E-state index contributed by atoms with van der Waals surface area (Å²) in [6, 6.07) is 0.930. The minimum atomic E-state index is -0.746. The molecule has 1 aromatic rings. The van der Waals surface area contributed by atoms with Crippen molar-refractivity contribution in [1.82, 2.24) is 5.32 Å². The zero-order valence-electron chi connectivity index (χ0n) is 13.6. The largest absolute Gasteiger partial charge is 0.504 e. The van der Waals surface area contributed by atoms with E-state index in [4.69, 9.17) is 14.2 Å². The SMILES string of the molecule is COc1cc([C@@H]2N[C@@H](C(C)C)COC2=O)c(O)c(OC)c1C. The summed E-state index contributed by atoms with van der Waals surface area (Å²) in [6.45, 7) is 6.20. The third-order valence-electron chi connectivity index (χ3n) is 4.05. The minimum absolute atomic E-state index is 0.0281. The monoisotopic (exact) mass is 309 g/mol. The molecule has 1 fully saturated rings. The van der Waals surface area contributed by atoms with Gasteiger partial charge in [0.1, 0.15) is 18.4 Å². The molecule has 2 atom stereocenters. The summed E-state index contributed by atoms with van der Waals surface area (Å²) in [4.78, 5) is 12.1. The van der Waals surface area contributed by atoms with E-state index in [2.05, 4.69) is 5.32 Å². The van der Waals surface area contributed by atoms with Gasteiger partial charge in [-0.05, 0) is 18.9 Å². The van der Waals surface area contributed by atoms with Crippen molar-refractivity contribution in [3.63, 3.8) is 0 Å². The molecule has 2 rings (SSSR count). The van der Waals surface area contributed by atoms with Gasteiger partial charge in [-0.3, -0.25) is 5.32 Å². The van der Waals surface area contributed by atoms with E-state index in [0.717, 1.165) is 0 Å². The second-order valence-electron chi connectivity index (χ2n) is 5.76.